The zero-order chi connectivity index (χ0) is 9.68. The first-order chi connectivity index (χ1) is 6.27. The lowest BCUT2D eigenvalue weighted by atomic mass is 10.1. The molecule has 1 atom stereocenters. The summed E-state index contributed by atoms with van der Waals surface area (Å²) in [5.74, 6) is 0.653. The maximum Gasteiger partial charge on any atom is 0.00952 e. The second kappa shape index (κ2) is 5.61. The van der Waals surface area contributed by atoms with Crippen molar-refractivity contribution in [1.29, 1.82) is 0 Å². The highest BCUT2D eigenvalue weighted by Crippen LogP contribution is 2.23. The van der Waals surface area contributed by atoms with E-state index in [4.69, 9.17) is 5.73 Å². The average Bonchev–Trinajstić information content (AvgIpc) is 2.66. The third kappa shape index (κ3) is 3.28. The van der Waals surface area contributed by atoms with Crippen LogP contribution in [0, 0.1) is 5.92 Å². The summed E-state index contributed by atoms with van der Waals surface area (Å²) in [7, 11) is 0. The van der Waals surface area contributed by atoms with Gasteiger partial charge in [0.25, 0.3) is 0 Å². The molecule has 1 saturated carbocycles. The molecule has 2 heteroatoms. The largest absolute Gasteiger partial charge is 0.330 e. The van der Waals surface area contributed by atoms with Crippen LogP contribution < -0.4 is 5.73 Å². The molecule has 0 aromatic heterocycles. The summed E-state index contributed by atoms with van der Waals surface area (Å²) >= 11 is 0. The molecular weight excluding hydrogens is 160 g/mol. The Morgan fingerprint density at radius 1 is 1.38 bits per heavy atom. The summed E-state index contributed by atoms with van der Waals surface area (Å²) in [5, 5.41) is 0. The molecule has 0 bridgehead atoms. The Morgan fingerprint density at radius 3 is 2.46 bits per heavy atom. The molecule has 0 amide bonds. The molecule has 13 heavy (non-hydrogen) atoms. The van der Waals surface area contributed by atoms with Crippen molar-refractivity contribution in [2.45, 2.75) is 45.6 Å². The van der Waals surface area contributed by atoms with E-state index in [1.54, 1.807) is 0 Å². The van der Waals surface area contributed by atoms with Crippen molar-refractivity contribution >= 4 is 0 Å². The first-order valence-electron chi connectivity index (χ1n) is 5.72. The van der Waals surface area contributed by atoms with Crippen molar-refractivity contribution in [2.75, 3.05) is 19.6 Å². The minimum Gasteiger partial charge on any atom is -0.330 e. The van der Waals surface area contributed by atoms with Crippen molar-refractivity contribution in [2.24, 2.45) is 11.7 Å². The molecule has 0 saturated heterocycles. The molecule has 0 aliphatic heterocycles. The highest BCUT2D eigenvalue weighted by Gasteiger charge is 2.21. The number of hydrogen-bond donors (Lipinski definition) is 1. The Labute approximate surface area is 82.5 Å². The lowest BCUT2D eigenvalue weighted by Gasteiger charge is -2.29. The fourth-order valence-corrected chi connectivity index (χ4v) is 2.28. The van der Waals surface area contributed by atoms with Gasteiger partial charge >= 0.3 is 0 Å². The van der Waals surface area contributed by atoms with Gasteiger partial charge in [-0.3, -0.25) is 0 Å². The van der Waals surface area contributed by atoms with Crippen LogP contribution in [-0.4, -0.2) is 30.6 Å². The summed E-state index contributed by atoms with van der Waals surface area (Å²) < 4.78 is 0. The standard InChI is InChI=1S/C11H24N2/c1-3-13(9-10(2)8-12)11-6-4-5-7-11/h10-11H,3-9,12H2,1-2H3. The Kier molecular flexibility index (Phi) is 4.74. The zero-order valence-electron chi connectivity index (χ0n) is 9.13. The molecule has 2 nitrogen and oxygen atoms in total. The molecule has 78 valence electrons. The van der Waals surface area contributed by atoms with Crippen molar-refractivity contribution in [1.82, 2.24) is 4.90 Å². The fourth-order valence-electron chi connectivity index (χ4n) is 2.28. The molecule has 0 aromatic rings. The van der Waals surface area contributed by atoms with Crippen molar-refractivity contribution in [3.63, 3.8) is 0 Å². The van der Waals surface area contributed by atoms with E-state index in [0.717, 1.165) is 12.6 Å². The average molecular weight is 184 g/mol. The SMILES string of the molecule is CCN(CC(C)CN)C1CCCC1. The van der Waals surface area contributed by atoms with Crippen LogP contribution in [0.5, 0.6) is 0 Å². The van der Waals surface area contributed by atoms with Gasteiger partial charge in [0.1, 0.15) is 0 Å². The normalized spacial score (nSPS) is 21.2. The van der Waals surface area contributed by atoms with Crippen LogP contribution in [0.1, 0.15) is 39.5 Å². The van der Waals surface area contributed by atoms with E-state index in [1.807, 2.05) is 0 Å². The predicted octanol–water partition coefficient (Wildman–Crippen LogP) is 1.85. The number of nitrogens with zero attached hydrogens (tertiary/aromatic N) is 1. The van der Waals surface area contributed by atoms with Crippen molar-refractivity contribution in [3.05, 3.63) is 0 Å². The number of hydrogen-bond acceptors (Lipinski definition) is 2. The van der Waals surface area contributed by atoms with Gasteiger partial charge in [-0.15, -0.1) is 0 Å². The molecule has 1 unspecified atom stereocenters. The highest BCUT2D eigenvalue weighted by atomic mass is 15.2. The Hall–Kier alpha value is -0.0800. The molecule has 1 rings (SSSR count). The van der Waals surface area contributed by atoms with E-state index >= 15 is 0 Å². The second-order valence-electron chi connectivity index (χ2n) is 4.37. The summed E-state index contributed by atoms with van der Waals surface area (Å²) in [6.07, 6.45) is 5.67. The maximum atomic E-state index is 5.65. The van der Waals surface area contributed by atoms with Crippen LogP contribution in [0.4, 0.5) is 0 Å². The van der Waals surface area contributed by atoms with Crippen LogP contribution in [0.25, 0.3) is 0 Å². The summed E-state index contributed by atoms with van der Waals surface area (Å²) in [5.41, 5.74) is 5.65. The topological polar surface area (TPSA) is 29.3 Å². The molecular formula is C11H24N2. The fraction of sp³-hybridized carbons (Fsp3) is 1.00. The predicted molar refractivity (Wildman–Crippen MR) is 57.7 cm³/mol. The highest BCUT2D eigenvalue weighted by molar-refractivity contribution is 4.77. The van der Waals surface area contributed by atoms with E-state index < -0.39 is 0 Å². The first kappa shape index (κ1) is 11.0. The lowest BCUT2D eigenvalue weighted by Crippen LogP contribution is -2.38. The van der Waals surface area contributed by atoms with Gasteiger partial charge in [-0.1, -0.05) is 26.7 Å². The van der Waals surface area contributed by atoms with Gasteiger partial charge in [-0.25, -0.2) is 0 Å². The van der Waals surface area contributed by atoms with Crippen LogP contribution in [-0.2, 0) is 0 Å². The van der Waals surface area contributed by atoms with Gasteiger partial charge in [-0.05, 0) is 31.8 Å². The van der Waals surface area contributed by atoms with Crippen molar-refractivity contribution < 1.29 is 0 Å². The number of rotatable bonds is 5. The number of nitrogens with two attached hydrogens (primary N) is 1. The van der Waals surface area contributed by atoms with E-state index in [2.05, 4.69) is 18.7 Å². The smallest absolute Gasteiger partial charge is 0.00952 e. The monoisotopic (exact) mass is 184 g/mol. The minimum atomic E-state index is 0.653. The van der Waals surface area contributed by atoms with Crippen LogP contribution in [0.15, 0.2) is 0 Å². The molecule has 0 spiro atoms. The van der Waals surface area contributed by atoms with E-state index in [9.17, 15) is 0 Å². The van der Waals surface area contributed by atoms with Gasteiger partial charge in [0.15, 0.2) is 0 Å². The molecule has 1 fully saturated rings. The molecule has 0 radical (unpaired) electrons. The Balaban J connectivity index is 2.32. The third-order valence-electron chi connectivity index (χ3n) is 3.20. The van der Waals surface area contributed by atoms with Gasteiger partial charge in [-0.2, -0.15) is 0 Å². The summed E-state index contributed by atoms with van der Waals surface area (Å²) in [6, 6.07) is 0.860. The molecule has 0 aromatic carbocycles. The van der Waals surface area contributed by atoms with Crippen molar-refractivity contribution in [3.8, 4) is 0 Å². The third-order valence-corrected chi connectivity index (χ3v) is 3.20. The summed E-state index contributed by atoms with van der Waals surface area (Å²) in [6.45, 7) is 7.72. The van der Waals surface area contributed by atoms with Gasteiger partial charge in [0, 0.05) is 12.6 Å². The van der Waals surface area contributed by atoms with Gasteiger partial charge in [0.05, 0.1) is 0 Å². The van der Waals surface area contributed by atoms with Crippen LogP contribution in [0.2, 0.25) is 0 Å². The lowest BCUT2D eigenvalue weighted by molar-refractivity contribution is 0.183. The molecule has 2 N–H and O–H groups in total. The maximum absolute atomic E-state index is 5.65. The molecule has 1 aliphatic carbocycles. The quantitative estimate of drug-likeness (QED) is 0.706. The van der Waals surface area contributed by atoms with E-state index in [-0.39, 0.29) is 0 Å². The van der Waals surface area contributed by atoms with E-state index in [0.29, 0.717) is 5.92 Å². The minimum absolute atomic E-state index is 0.653. The van der Waals surface area contributed by atoms with Crippen LogP contribution >= 0.6 is 0 Å². The summed E-state index contributed by atoms with van der Waals surface area (Å²) in [4.78, 5) is 2.62. The van der Waals surface area contributed by atoms with Crippen LogP contribution in [0.3, 0.4) is 0 Å². The van der Waals surface area contributed by atoms with Gasteiger partial charge < -0.3 is 10.6 Å². The molecule has 1 aliphatic rings. The van der Waals surface area contributed by atoms with E-state index in [1.165, 1.54) is 38.8 Å². The van der Waals surface area contributed by atoms with Gasteiger partial charge in [0.2, 0.25) is 0 Å². The molecule has 0 heterocycles. The Morgan fingerprint density at radius 2 is 2.00 bits per heavy atom. The zero-order valence-corrected chi connectivity index (χ0v) is 9.13. The Bertz CT molecular complexity index is 130. The second-order valence-corrected chi connectivity index (χ2v) is 4.37. The first-order valence-corrected chi connectivity index (χ1v) is 5.72.